The minimum absolute atomic E-state index is 0.374. The molecule has 94 valence electrons. The van der Waals surface area contributed by atoms with Crippen LogP contribution in [0.15, 0.2) is 18.2 Å². The maximum Gasteiger partial charge on any atom is 0.0897 e. The first-order valence-corrected chi connectivity index (χ1v) is 6.24. The van der Waals surface area contributed by atoms with E-state index in [0.717, 1.165) is 17.9 Å². The zero-order valence-electron chi connectivity index (χ0n) is 9.95. The third kappa shape index (κ3) is 3.42. The minimum Gasteiger partial charge on any atom is -0.389 e. The van der Waals surface area contributed by atoms with E-state index in [4.69, 9.17) is 16.3 Å². The first kappa shape index (κ1) is 12.8. The Morgan fingerprint density at radius 2 is 2.24 bits per heavy atom. The highest BCUT2D eigenvalue weighted by Crippen LogP contribution is 2.25. The molecule has 1 aliphatic rings. The minimum atomic E-state index is -0.438. The van der Waals surface area contributed by atoms with Crippen LogP contribution in [0.5, 0.6) is 0 Å². The lowest BCUT2D eigenvalue weighted by molar-refractivity contribution is 0.0629. The largest absolute Gasteiger partial charge is 0.389 e. The lowest BCUT2D eigenvalue weighted by atomic mass is 10.1. The normalized spacial score (nSPS) is 20.3. The number of benzene rings is 1. The Morgan fingerprint density at radius 3 is 3.00 bits per heavy atom. The molecule has 1 aliphatic carbocycles. The van der Waals surface area contributed by atoms with Crippen LogP contribution in [-0.2, 0) is 17.6 Å². The van der Waals surface area contributed by atoms with E-state index < -0.39 is 6.10 Å². The molecule has 4 heteroatoms. The fourth-order valence-electron chi connectivity index (χ4n) is 2.29. The number of rotatable bonds is 5. The van der Waals surface area contributed by atoms with Crippen molar-refractivity contribution in [2.75, 3.05) is 20.3 Å². The summed E-state index contributed by atoms with van der Waals surface area (Å²) in [5, 5.41) is 13.7. The predicted octanol–water partition coefficient (Wildman–Crippen LogP) is 1.40. The second-order valence-corrected chi connectivity index (χ2v) is 4.97. The van der Waals surface area contributed by atoms with Gasteiger partial charge in [0.05, 0.1) is 12.7 Å². The number of fused-ring (bicyclic) bond motifs is 1. The standard InChI is InChI=1S/C13H18ClNO2/c1-17-8-13(16)7-15-12-5-9-2-3-11(14)4-10(9)6-12/h2-4,12-13,15-16H,5-8H2,1H3. The third-order valence-corrected chi connectivity index (χ3v) is 3.34. The fraction of sp³-hybridized carbons (Fsp3) is 0.538. The van der Waals surface area contributed by atoms with Gasteiger partial charge in [0.25, 0.3) is 0 Å². The lowest BCUT2D eigenvalue weighted by Crippen LogP contribution is -2.37. The molecular weight excluding hydrogens is 238 g/mol. The third-order valence-electron chi connectivity index (χ3n) is 3.10. The van der Waals surface area contributed by atoms with Gasteiger partial charge >= 0.3 is 0 Å². The van der Waals surface area contributed by atoms with Crippen LogP contribution in [0.3, 0.4) is 0 Å². The first-order valence-electron chi connectivity index (χ1n) is 5.86. The van der Waals surface area contributed by atoms with Crippen LogP contribution in [0, 0.1) is 0 Å². The highest BCUT2D eigenvalue weighted by atomic mass is 35.5. The van der Waals surface area contributed by atoms with E-state index in [1.54, 1.807) is 7.11 Å². The van der Waals surface area contributed by atoms with E-state index in [1.165, 1.54) is 11.1 Å². The van der Waals surface area contributed by atoms with Crippen LogP contribution in [0.1, 0.15) is 11.1 Å². The molecule has 0 aliphatic heterocycles. The molecule has 1 aromatic carbocycles. The zero-order valence-corrected chi connectivity index (χ0v) is 10.7. The average Bonchev–Trinajstić information content (AvgIpc) is 2.68. The molecule has 17 heavy (non-hydrogen) atoms. The summed E-state index contributed by atoms with van der Waals surface area (Å²) in [6.45, 7) is 0.943. The summed E-state index contributed by atoms with van der Waals surface area (Å²) in [6, 6.07) is 6.45. The van der Waals surface area contributed by atoms with Crippen molar-refractivity contribution in [1.29, 1.82) is 0 Å². The van der Waals surface area contributed by atoms with Gasteiger partial charge < -0.3 is 15.2 Å². The van der Waals surface area contributed by atoms with Gasteiger partial charge in [-0.1, -0.05) is 17.7 Å². The average molecular weight is 256 g/mol. The van der Waals surface area contributed by atoms with Gasteiger partial charge in [0.1, 0.15) is 0 Å². The molecule has 0 aromatic heterocycles. The summed E-state index contributed by atoms with van der Waals surface area (Å²) in [4.78, 5) is 0. The van der Waals surface area contributed by atoms with E-state index in [0.29, 0.717) is 19.2 Å². The van der Waals surface area contributed by atoms with Crippen molar-refractivity contribution in [2.24, 2.45) is 0 Å². The molecule has 0 saturated carbocycles. The van der Waals surface area contributed by atoms with E-state index in [-0.39, 0.29) is 0 Å². The number of aliphatic hydroxyl groups is 1. The second-order valence-electron chi connectivity index (χ2n) is 4.54. The summed E-state index contributed by atoms with van der Waals surface area (Å²) in [7, 11) is 1.59. The smallest absolute Gasteiger partial charge is 0.0897 e. The Balaban J connectivity index is 1.84. The number of aliphatic hydroxyl groups excluding tert-OH is 1. The Morgan fingerprint density at radius 1 is 1.47 bits per heavy atom. The van der Waals surface area contributed by atoms with Gasteiger partial charge in [-0.05, 0) is 36.1 Å². The zero-order chi connectivity index (χ0) is 12.3. The number of nitrogens with one attached hydrogen (secondary N) is 1. The quantitative estimate of drug-likeness (QED) is 0.836. The summed E-state index contributed by atoms with van der Waals surface area (Å²) >= 11 is 5.96. The van der Waals surface area contributed by atoms with Crippen molar-refractivity contribution in [3.63, 3.8) is 0 Å². The van der Waals surface area contributed by atoms with Crippen LogP contribution in [0.2, 0.25) is 5.02 Å². The van der Waals surface area contributed by atoms with Crippen molar-refractivity contribution >= 4 is 11.6 Å². The summed E-state index contributed by atoms with van der Waals surface area (Å²) in [5.74, 6) is 0. The van der Waals surface area contributed by atoms with E-state index >= 15 is 0 Å². The van der Waals surface area contributed by atoms with Gasteiger partial charge in [-0.25, -0.2) is 0 Å². The maximum absolute atomic E-state index is 9.56. The van der Waals surface area contributed by atoms with Crippen molar-refractivity contribution in [3.8, 4) is 0 Å². The molecule has 0 fully saturated rings. The molecule has 0 amide bonds. The van der Waals surface area contributed by atoms with Crippen LogP contribution in [0.4, 0.5) is 0 Å². The van der Waals surface area contributed by atoms with Crippen molar-refractivity contribution in [1.82, 2.24) is 5.32 Å². The Kier molecular flexibility index (Phi) is 4.40. The monoisotopic (exact) mass is 255 g/mol. The van der Waals surface area contributed by atoms with Gasteiger partial charge in [0, 0.05) is 24.7 Å². The lowest BCUT2D eigenvalue weighted by Gasteiger charge is -2.15. The van der Waals surface area contributed by atoms with Crippen LogP contribution < -0.4 is 5.32 Å². The van der Waals surface area contributed by atoms with E-state index in [2.05, 4.69) is 11.4 Å². The molecule has 0 radical (unpaired) electrons. The number of halogens is 1. The predicted molar refractivity (Wildman–Crippen MR) is 68.5 cm³/mol. The molecular formula is C13H18ClNO2. The van der Waals surface area contributed by atoms with Gasteiger partial charge in [-0.15, -0.1) is 0 Å². The molecule has 2 atom stereocenters. The fourth-order valence-corrected chi connectivity index (χ4v) is 2.48. The van der Waals surface area contributed by atoms with Crippen molar-refractivity contribution in [2.45, 2.75) is 25.0 Å². The second kappa shape index (κ2) is 5.83. The molecule has 2 N–H and O–H groups in total. The Bertz CT molecular complexity index is 384. The molecule has 0 heterocycles. The molecule has 0 spiro atoms. The number of ether oxygens (including phenoxy) is 1. The molecule has 1 aromatic rings. The van der Waals surface area contributed by atoms with Gasteiger partial charge in [0.2, 0.25) is 0 Å². The van der Waals surface area contributed by atoms with E-state index in [1.807, 2.05) is 12.1 Å². The summed E-state index contributed by atoms with van der Waals surface area (Å²) < 4.78 is 4.89. The van der Waals surface area contributed by atoms with Crippen molar-refractivity contribution < 1.29 is 9.84 Å². The van der Waals surface area contributed by atoms with Gasteiger partial charge in [-0.2, -0.15) is 0 Å². The molecule has 2 rings (SSSR count). The molecule has 2 unspecified atom stereocenters. The Labute approximate surface area is 107 Å². The molecule has 0 bridgehead atoms. The molecule has 3 nitrogen and oxygen atoms in total. The Hall–Kier alpha value is -0.610. The first-order chi connectivity index (χ1) is 8.19. The summed E-state index contributed by atoms with van der Waals surface area (Å²) in [6.07, 6.45) is 1.55. The van der Waals surface area contributed by atoms with E-state index in [9.17, 15) is 5.11 Å². The van der Waals surface area contributed by atoms with Crippen molar-refractivity contribution in [3.05, 3.63) is 34.3 Å². The highest BCUT2D eigenvalue weighted by molar-refractivity contribution is 6.30. The summed E-state index contributed by atoms with van der Waals surface area (Å²) in [5.41, 5.74) is 2.67. The number of methoxy groups -OCH3 is 1. The SMILES string of the molecule is COCC(O)CNC1Cc2ccc(Cl)cc2C1. The van der Waals surface area contributed by atoms with Crippen LogP contribution in [-0.4, -0.2) is 37.5 Å². The number of hydrogen-bond donors (Lipinski definition) is 2. The van der Waals surface area contributed by atoms with Gasteiger partial charge in [-0.3, -0.25) is 0 Å². The van der Waals surface area contributed by atoms with Crippen LogP contribution >= 0.6 is 11.6 Å². The van der Waals surface area contributed by atoms with Crippen LogP contribution in [0.25, 0.3) is 0 Å². The topological polar surface area (TPSA) is 41.5 Å². The molecule has 0 saturated heterocycles. The maximum atomic E-state index is 9.56. The highest BCUT2D eigenvalue weighted by Gasteiger charge is 2.21. The number of hydrogen-bond acceptors (Lipinski definition) is 3. The van der Waals surface area contributed by atoms with Gasteiger partial charge in [0.15, 0.2) is 0 Å².